The van der Waals surface area contributed by atoms with Crippen LogP contribution < -0.4 is 0 Å². The summed E-state index contributed by atoms with van der Waals surface area (Å²) in [5.74, 6) is 0.604. The third-order valence-corrected chi connectivity index (χ3v) is 12.7. The van der Waals surface area contributed by atoms with E-state index in [-0.39, 0.29) is 5.41 Å². The summed E-state index contributed by atoms with van der Waals surface area (Å²) in [4.78, 5) is 11.0. The monoisotopic (exact) mass is 742 g/mol. The van der Waals surface area contributed by atoms with Crippen molar-refractivity contribution < 1.29 is 4.42 Å². The minimum atomic E-state index is -0.168. The third kappa shape index (κ3) is 4.09. The molecule has 0 unspecified atom stereocenters. The summed E-state index contributed by atoms with van der Waals surface area (Å²) in [5, 5.41) is 8.17. The molecule has 0 atom stereocenters. The number of para-hydroxylation sites is 3. The average molecular weight is 743 g/mol. The van der Waals surface area contributed by atoms with Gasteiger partial charge in [0.15, 0.2) is 5.58 Å². The van der Waals surface area contributed by atoms with Crippen LogP contribution in [0, 0.1) is 0 Å². The van der Waals surface area contributed by atoms with Gasteiger partial charge in [0.05, 0.1) is 27.8 Å². The molecule has 1 aliphatic carbocycles. The predicted octanol–water partition coefficient (Wildman–Crippen LogP) is 13.7. The molecule has 0 N–H and O–H groups in total. The fourth-order valence-electron chi connectivity index (χ4n) is 10.1. The van der Waals surface area contributed by atoms with Crippen molar-refractivity contribution in [2.45, 2.75) is 19.3 Å². The fourth-order valence-corrected chi connectivity index (χ4v) is 10.1. The van der Waals surface area contributed by atoms with Crippen molar-refractivity contribution in [1.82, 2.24) is 19.1 Å². The van der Waals surface area contributed by atoms with E-state index in [0.29, 0.717) is 11.5 Å². The SMILES string of the molecule is CC1(C)c2ccccc2-c2cc3c(cc21)c1c2ccccc2c(-n2c4ccccc4c4ccccc42)cc1n3-c1nc(-c2ccccc2)c2oc3ccccc3c2n1. The number of aromatic nitrogens is 4. The van der Waals surface area contributed by atoms with Gasteiger partial charge in [-0.05, 0) is 70.1 Å². The molecule has 1 aliphatic rings. The Morgan fingerprint density at radius 2 is 1.10 bits per heavy atom. The number of hydrogen-bond acceptors (Lipinski definition) is 3. The van der Waals surface area contributed by atoms with Gasteiger partial charge in [-0.1, -0.05) is 141 Å². The van der Waals surface area contributed by atoms with Crippen LogP contribution in [0.1, 0.15) is 25.0 Å². The number of hydrogen-bond donors (Lipinski definition) is 0. The zero-order chi connectivity index (χ0) is 38.3. The fraction of sp³-hybridized carbons (Fsp3) is 0.0566. The zero-order valence-electron chi connectivity index (χ0n) is 31.9. The Kier molecular flexibility index (Phi) is 6.17. The number of fused-ring (bicyclic) bond motifs is 14. The van der Waals surface area contributed by atoms with Crippen LogP contribution in [0.15, 0.2) is 174 Å². The number of furan rings is 1. The molecular weight excluding hydrogens is 709 g/mol. The van der Waals surface area contributed by atoms with Gasteiger partial charge in [-0.3, -0.25) is 4.57 Å². The highest BCUT2D eigenvalue weighted by atomic mass is 16.3. The lowest BCUT2D eigenvalue weighted by molar-refractivity contribution is 0.661. The highest BCUT2D eigenvalue weighted by Crippen LogP contribution is 2.52. The van der Waals surface area contributed by atoms with E-state index in [1.54, 1.807) is 0 Å². The summed E-state index contributed by atoms with van der Waals surface area (Å²) in [6, 6.07) is 61.0. The molecule has 272 valence electrons. The number of nitrogens with zero attached hydrogens (tertiary/aromatic N) is 4. The van der Waals surface area contributed by atoms with Crippen LogP contribution in [0.25, 0.3) is 110 Å². The molecule has 5 nitrogen and oxygen atoms in total. The van der Waals surface area contributed by atoms with Gasteiger partial charge >= 0.3 is 0 Å². The van der Waals surface area contributed by atoms with Gasteiger partial charge < -0.3 is 8.98 Å². The Balaban J connectivity index is 1.24. The number of rotatable bonds is 3. The van der Waals surface area contributed by atoms with Crippen LogP contribution in [0.2, 0.25) is 0 Å². The molecule has 58 heavy (non-hydrogen) atoms. The minimum absolute atomic E-state index is 0.168. The summed E-state index contributed by atoms with van der Waals surface area (Å²) in [7, 11) is 0. The molecule has 8 aromatic carbocycles. The predicted molar refractivity (Wildman–Crippen MR) is 238 cm³/mol. The van der Waals surface area contributed by atoms with E-state index in [1.165, 1.54) is 65.6 Å². The molecule has 5 heteroatoms. The largest absolute Gasteiger partial charge is 0.452 e. The van der Waals surface area contributed by atoms with E-state index in [4.69, 9.17) is 14.4 Å². The molecule has 4 aromatic heterocycles. The summed E-state index contributed by atoms with van der Waals surface area (Å²) < 4.78 is 11.3. The van der Waals surface area contributed by atoms with Crippen LogP contribution in [0.3, 0.4) is 0 Å². The molecule has 0 saturated heterocycles. The molecule has 0 saturated carbocycles. The topological polar surface area (TPSA) is 48.8 Å². The second-order valence-corrected chi connectivity index (χ2v) is 16.1. The van der Waals surface area contributed by atoms with Gasteiger partial charge in [0, 0.05) is 43.3 Å². The first-order chi connectivity index (χ1) is 28.5. The maximum Gasteiger partial charge on any atom is 0.236 e. The molecule has 0 aliphatic heterocycles. The summed E-state index contributed by atoms with van der Waals surface area (Å²) in [6.45, 7) is 4.71. The van der Waals surface area contributed by atoms with Gasteiger partial charge in [0.1, 0.15) is 16.8 Å². The van der Waals surface area contributed by atoms with Crippen LogP contribution >= 0.6 is 0 Å². The smallest absolute Gasteiger partial charge is 0.236 e. The highest BCUT2D eigenvalue weighted by Gasteiger charge is 2.36. The average Bonchev–Trinajstić information content (AvgIpc) is 3.98. The first-order valence-electron chi connectivity index (χ1n) is 19.9. The maximum atomic E-state index is 6.58. The Hall–Kier alpha value is -7.50. The van der Waals surface area contributed by atoms with Gasteiger partial charge in [-0.2, -0.15) is 0 Å². The van der Waals surface area contributed by atoms with Gasteiger partial charge in [0.2, 0.25) is 5.95 Å². The lowest BCUT2D eigenvalue weighted by atomic mass is 9.82. The molecule has 13 rings (SSSR count). The van der Waals surface area contributed by atoms with Crippen molar-refractivity contribution in [3.05, 3.63) is 181 Å². The summed E-state index contributed by atoms with van der Waals surface area (Å²) in [6.07, 6.45) is 0. The third-order valence-electron chi connectivity index (χ3n) is 12.7. The molecule has 0 radical (unpaired) electrons. The van der Waals surface area contributed by atoms with E-state index >= 15 is 0 Å². The number of benzene rings is 8. The van der Waals surface area contributed by atoms with Crippen molar-refractivity contribution >= 4 is 76.5 Å². The van der Waals surface area contributed by atoms with Crippen molar-refractivity contribution in [1.29, 1.82) is 0 Å². The van der Waals surface area contributed by atoms with E-state index in [1.807, 2.05) is 24.3 Å². The molecule has 4 heterocycles. The molecular formula is C53H34N4O. The maximum absolute atomic E-state index is 6.58. The van der Waals surface area contributed by atoms with Crippen molar-refractivity contribution in [2.24, 2.45) is 0 Å². The summed E-state index contributed by atoms with van der Waals surface area (Å²) in [5.41, 5.74) is 14.6. The minimum Gasteiger partial charge on any atom is -0.452 e. The van der Waals surface area contributed by atoms with Crippen molar-refractivity contribution in [3.8, 4) is 34.0 Å². The van der Waals surface area contributed by atoms with Crippen LogP contribution in [-0.4, -0.2) is 19.1 Å². The molecule has 0 bridgehead atoms. The van der Waals surface area contributed by atoms with Gasteiger partial charge in [-0.15, -0.1) is 0 Å². The Bertz CT molecular complexity index is 3660. The van der Waals surface area contributed by atoms with E-state index < -0.39 is 0 Å². The zero-order valence-corrected chi connectivity index (χ0v) is 31.9. The lowest BCUT2D eigenvalue weighted by Crippen LogP contribution is -2.14. The normalized spacial score (nSPS) is 13.5. The quantitative estimate of drug-likeness (QED) is 0.181. The van der Waals surface area contributed by atoms with E-state index in [2.05, 4.69) is 169 Å². The summed E-state index contributed by atoms with van der Waals surface area (Å²) >= 11 is 0. The standard InChI is InChI=1S/C53H34N4O/c1-53(2)40-24-12-8-18-32(40)38-29-44-39(28-41(38)53)48-36-22-7-6-21-35(36)45(56-42-25-13-9-19-33(42)34-20-10-14-26-43(34)56)30-46(48)57(44)52-54-49(31-16-4-3-5-17-31)51-50(55-52)37-23-11-15-27-47(37)58-51/h3-30H,1-2H3. The van der Waals surface area contributed by atoms with Crippen LogP contribution in [0.5, 0.6) is 0 Å². The molecule has 0 fully saturated rings. The Labute approximate surface area is 333 Å². The second-order valence-electron chi connectivity index (χ2n) is 16.1. The van der Waals surface area contributed by atoms with E-state index in [9.17, 15) is 0 Å². The molecule has 0 spiro atoms. The van der Waals surface area contributed by atoms with Gasteiger partial charge in [-0.25, -0.2) is 9.97 Å². The van der Waals surface area contributed by atoms with Crippen LogP contribution in [0.4, 0.5) is 0 Å². The van der Waals surface area contributed by atoms with Gasteiger partial charge in [0.25, 0.3) is 0 Å². The first-order valence-corrected chi connectivity index (χ1v) is 19.9. The highest BCUT2D eigenvalue weighted by molar-refractivity contribution is 6.24. The molecule has 12 aromatic rings. The van der Waals surface area contributed by atoms with Crippen LogP contribution in [-0.2, 0) is 5.41 Å². The van der Waals surface area contributed by atoms with E-state index in [0.717, 1.165) is 44.5 Å². The lowest BCUT2D eigenvalue weighted by Gasteiger charge is -2.21. The van der Waals surface area contributed by atoms with Crippen molar-refractivity contribution in [3.63, 3.8) is 0 Å². The van der Waals surface area contributed by atoms with Crippen molar-refractivity contribution in [2.75, 3.05) is 0 Å². The first kappa shape index (κ1) is 31.7. The Morgan fingerprint density at radius 1 is 0.466 bits per heavy atom. The molecule has 0 amide bonds. The second kappa shape index (κ2) is 11.3. The Morgan fingerprint density at radius 3 is 1.88 bits per heavy atom.